The van der Waals surface area contributed by atoms with Gasteiger partial charge in [-0.15, -0.1) is 0 Å². The van der Waals surface area contributed by atoms with Gasteiger partial charge in [-0.05, 0) is 24.3 Å². The predicted octanol–water partition coefficient (Wildman–Crippen LogP) is 2.59. The molecule has 1 aromatic carbocycles. The van der Waals surface area contributed by atoms with Gasteiger partial charge in [-0.25, -0.2) is 0 Å². The molecule has 0 aliphatic rings. The van der Waals surface area contributed by atoms with E-state index in [0.29, 0.717) is 5.69 Å². The molecule has 0 unspecified atom stereocenters. The second kappa shape index (κ2) is 4.87. The molecule has 0 radical (unpaired) electrons. The van der Waals surface area contributed by atoms with Gasteiger partial charge >= 0.3 is 12.1 Å². The van der Waals surface area contributed by atoms with Gasteiger partial charge in [0.1, 0.15) is 0 Å². The lowest BCUT2D eigenvalue weighted by molar-refractivity contribution is -0.138. The molecule has 0 aliphatic heterocycles. The Balaban J connectivity index is 2.55. The van der Waals surface area contributed by atoms with Gasteiger partial charge in [0.2, 0.25) is 0 Å². The van der Waals surface area contributed by atoms with Gasteiger partial charge in [-0.1, -0.05) is 0 Å². The average molecular weight is 233 g/mol. The van der Waals surface area contributed by atoms with Crippen molar-refractivity contribution < 1.29 is 23.1 Å². The first-order chi connectivity index (χ1) is 7.39. The highest BCUT2D eigenvalue weighted by Gasteiger charge is 2.29. The topological polar surface area (TPSA) is 49.3 Å². The van der Waals surface area contributed by atoms with Crippen LogP contribution in [0.25, 0.3) is 0 Å². The molecule has 2 N–H and O–H groups in total. The molecule has 0 saturated carbocycles. The van der Waals surface area contributed by atoms with E-state index in [9.17, 15) is 18.0 Å². The van der Waals surface area contributed by atoms with Crippen molar-refractivity contribution in [2.24, 2.45) is 0 Å². The highest BCUT2D eigenvalue weighted by atomic mass is 19.4. The molecule has 0 heterocycles. The number of aliphatic carboxylic acids is 1. The third-order valence-electron chi connectivity index (χ3n) is 1.88. The molecule has 0 aliphatic carbocycles. The van der Waals surface area contributed by atoms with Crippen LogP contribution >= 0.6 is 0 Å². The molecule has 16 heavy (non-hydrogen) atoms. The van der Waals surface area contributed by atoms with Crippen LogP contribution < -0.4 is 5.32 Å². The molecule has 0 spiro atoms. The summed E-state index contributed by atoms with van der Waals surface area (Å²) in [6, 6.07) is 4.43. The Kier molecular flexibility index (Phi) is 3.76. The summed E-state index contributed by atoms with van der Waals surface area (Å²) in [5, 5.41) is 11.1. The van der Waals surface area contributed by atoms with Gasteiger partial charge in [0, 0.05) is 12.2 Å². The molecule has 0 saturated heterocycles. The molecule has 3 nitrogen and oxygen atoms in total. The largest absolute Gasteiger partial charge is 0.481 e. The zero-order valence-electron chi connectivity index (χ0n) is 8.21. The van der Waals surface area contributed by atoms with Crippen molar-refractivity contribution in [3.8, 4) is 0 Å². The van der Waals surface area contributed by atoms with Crippen molar-refractivity contribution in [1.29, 1.82) is 0 Å². The maximum absolute atomic E-state index is 12.2. The second-order valence-corrected chi connectivity index (χ2v) is 3.15. The Morgan fingerprint density at radius 2 is 1.81 bits per heavy atom. The normalized spacial score (nSPS) is 11.2. The quantitative estimate of drug-likeness (QED) is 0.840. The standard InChI is InChI=1S/C10H10F3NO2/c11-10(12,13)7-1-3-8(4-2-7)14-6-5-9(15)16/h1-4,14H,5-6H2,(H,15,16). The predicted molar refractivity (Wildman–Crippen MR) is 52.2 cm³/mol. The number of carbonyl (C=O) groups is 1. The minimum Gasteiger partial charge on any atom is -0.481 e. The van der Waals surface area contributed by atoms with Crippen LogP contribution in [0.3, 0.4) is 0 Å². The molecule has 0 aromatic heterocycles. The highest BCUT2D eigenvalue weighted by molar-refractivity contribution is 5.67. The minimum atomic E-state index is -4.35. The number of alkyl halides is 3. The van der Waals surface area contributed by atoms with Crippen LogP contribution in [0.2, 0.25) is 0 Å². The molecule has 1 aromatic rings. The molecule has 0 atom stereocenters. The first kappa shape index (κ1) is 12.4. The summed E-state index contributed by atoms with van der Waals surface area (Å²) in [4.78, 5) is 10.2. The number of benzene rings is 1. The van der Waals surface area contributed by atoms with Gasteiger partial charge in [0.15, 0.2) is 0 Å². The molecular weight excluding hydrogens is 223 g/mol. The summed E-state index contributed by atoms with van der Waals surface area (Å²) in [6.45, 7) is 0.181. The lowest BCUT2D eigenvalue weighted by Gasteiger charge is -2.08. The highest BCUT2D eigenvalue weighted by Crippen LogP contribution is 2.29. The molecule has 0 bridgehead atoms. The Bertz CT molecular complexity index is 359. The summed E-state index contributed by atoms with van der Waals surface area (Å²) in [5.41, 5.74) is -0.259. The van der Waals surface area contributed by atoms with Gasteiger partial charge < -0.3 is 10.4 Å². The lowest BCUT2D eigenvalue weighted by atomic mass is 10.2. The molecule has 0 amide bonds. The summed E-state index contributed by atoms with van der Waals surface area (Å²) in [6.07, 6.45) is -4.43. The number of rotatable bonds is 4. The van der Waals surface area contributed by atoms with Crippen LogP contribution in [0.1, 0.15) is 12.0 Å². The van der Waals surface area contributed by atoms with E-state index < -0.39 is 17.7 Å². The van der Waals surface area contributed by atoms with E-state index in [0.717, 1.165) is 12.1 Å². The molecular formula is C10H10F3NO2. The van der Waals surface area contributed by atoms with Crippen LogP contribution in [0.15, 0.2) is 24.3 Å². The van der Waals surface area contributed by atoms with E-state index in [1.165, 1.54) is 12.1 Å². The summed E-state index contributed by atoms with van der Waals surface area (Å²) in [5.74, 6) is -0.959. The van der Waals surface area contributed by atoms with E-state index in [-0.39, 0.29) is 13.0 Å². The zero-order chi connectivity index (χ0) is 12.2. The van der Waals surface area contributed by atoms with Gasteiger partial charge in [0.25, 0.3) is 0 Å². The van der Waals surface area contributed by atoms with E-state index in [1.807, 2.05) is 0 Å². The number of carboxylic acids is 1. The van der Waals surface area contributed by atoms with Crippen molar-refractivity contribution in [3.63, 3.8) is 0 Å². The van der Waals surface area contributed by atoms with Crippen LogP contribution in [-0.2, 0) is 11.0 Å². The van der Waals surface area contributed by atoms with Gasteiger partial charge in [-0.3, -0.25) is 4.79 Å². The summed E-state index contributed by atoms with van der Waals surface area (Å²) < 4.78 is 36.5. The van der Waals surface area contributed by atoms with Crippen molar-refractivity contribution >= 4 is 11.7 Å². The average Bonchev–Trinajstić information content (AvgIpc) is 2.16. The van der Waals surface area contributed by atoms with Crippen LogP contribution in [0.4, 0.5) is 18.9 Å². The van der Waals surface area contributed by atoms with Crippen molar-refractivity contribution in [2.75, 3.05) is 11.9 Å². The number of carboxylic acid groups (broad SMARTS) is 1. The maximum Gasteiger partial charge on any atom is 0.416 e. The monoisotopic (exact) mass is 233 g/mol. The minimum absolute atomic E-state index is 0.0823. The smallest absolute Gasteiger partial charge is 0.416 e. The van der Waals surface area contributed by atoms with Crippen LogP contribution in [0.5, 0.6) is 0 Å². The first-order valence-corrected chi connectivity index (χ1v) is 4.52. The first-order valence-electron chi connectivity index (χ1n) is 4.52. The third kappa shape index (κ3) is 3.80. The number of hydrogen-bond donors (Lipinski definition) is 2. The van der Waals surface area contributed by atoms with E-state index in [2.05, 4.69) is 5.32 Å². The third-order valence-corrected chi connectivity index (χ3v) is 1.88. The maximum atomic E-state index is 12.2. The van der Waals surface area contributed by atoms with Crippen LogP contribution in [-0.4, -0.2) is 17.6 Å². The number of nitrogens with one attached hydrogen (secondary N) is 1. The zero-order valence-corrected chi connectivity index (χ0v) is 8.21. The second-order valence-electron chi connectivity index (χ2n) is 3.15. The Morgan fingerprint density at radius 1 is 1.25 bits per heavy atom. The Labute approximate surface area is 89.9 Å². The molecule has 0 fully saturated rings. The van der Waals surface area contributed by atoms with Crippen molar-refractivity contribution in [3.05, 3.63) is 29.8 Å². The fourth-order valence-corrected chi connectivity index (χ4v) is 1.09. The van der Waals surface area contributed by atoms with E-state index in [1.54, 1.807) is 0 Å². The fraction of sp³-hybridized carbons (Fsp3) is 0.300. The molecule has 1 rings (SSSR count). The summed E-state index contributed by atoms with van der Waals surface area (Å²) in [7, 11) is 0. The van der Waals surface area contributed by atoms with Gasteiger partial charge in [-0.2, -0.15) is 13.2 Å². The van der Waals surface area contributed by atoms with Crippen LogP contribution in [0, 0.1) is 0 Å². The van der Waals surface area contributed by atoms with Crippen molar-refractivity contribution in [1.82, 2.24) is 0 Å². The number of anilines is 1. The molecule has 88 valence electrons. The van der Waals surface area contributed by atoms with E-state index >= 15 is 0 Å². The lowest BCUT2D eigenvalue weighted by Crippen LogP contribution is -2.08. The summed E-state index contributed by atoms with van der Waals surface area (Å²) >= 11 is 0. The van der Waals surface area contributed by atoms with Crippen molar-refractivity contribution in [2.45, 2.75) is 12.6 Å². The van der Waals surface area contributed by atoms with Gasteiger partial charge in [0.05, 0.1) is 12.0 Å². The van der Waals surface area contributed by atoms with E-state index in [4.69, 9.17) is 5.11 Å². The fourth-order valence-electron chi connectivity index (χ4n) is 1.09. The number of halogens is 3. The Hall–Kier alpha value is -1.72. The SMILES string of the molecule is O=C(O)CCNc1ccc(C(F)(F)F)cc1. The molecule has 6 heteroatoms. The Morgan fingerprint density at radius 3 is 2.25 bits per heavy atom. The number of hydrogen-bond acceptors (Lipinski definition) is 2.